The summed E-state index contributed by atoms with van der Waals surface area (Å²) in [5.41, 5.74) is 16.2. The van der Waals surface area contributed by atoms with Gasteiger partial charge in [0.2, 0.25) is 0 Å². The van der Waals surface area contributed by atoms with Crippen molar-refractivity contribution in [1.82, 2.24) is 4.57 Å². The molecule has 12 rings (SSSR count). The van der Waals surface area contributed by atoms with Crippen LogP contribution in [0.2, 0.25) is 0 Å². The van der Waals surface area contributed by atoms with Gasteiger partial charge in [0.05, 0.1) is 33.8 Å². The molecule has 0 atom stereocenters. The molecule has 0 fully saturated rings. The van der Waals surface area contributed by atoms with Crippen LogP contribution in [0.5, 0.6) is 0 Å². The molecule has 0 unspecified atom stereocenters. The van der Waals surface area contributed by atoms with Gasteiger partial charge in [-0.2, -0.15) is 0 Å². The third-order valence-electron chi connectivity index (χ3n) is 12.8. The summed E-state index contributed by atoms with van der Waals surface area (Å²) < 4.78 is 2.43. The van der Waals surface area contributed by atoms with E-state index < -0.39 is 0 Å². The Hall–Kier alpha value is -8.46. The van der Waals surface area contributed by atoms with E-state index in [-0.39, 0.29) is 0 Å². The van der Waals surface area contributed by atoms with Crippen molar-refractivity contribution >= 4 is 60.4 Å². The zero-order valence-electron chi connectivity index (χ0n) is 35.1. The maximum atomic E-state index is 2.49. The molecule has 12 aromatic rings. The van der Waals surface area contributed by atoms with Crippen LogP contribution in [0.15, 0.2) is 255 Å². The largest absolute Gasteiger partial charge is 0.309 e. The molecule has 1 heterocycles. The summed E-state index contributed by atoms with van der Waals surface area (Å²) in [6, 6.07) is 92.8. The van der Waals surface area contributed by atoms with Gasteiger partial charge in [-0.1, -0.05) is 212 Å². The quantitative estimate of drug-likeness (QED) is 0.148. The summed E-state index contributed by atoms with van der Waals surface area (Å²) >= 11 is 0. The van der Waals surface area contributed by atoms with Gasteiger partial charge in [0.15, 0.2) is 0 Å². The van der Waals surface area contributed by atoms with Gasteiger partial charge in [0, 0.05) is 32.8 Å². The number of nitrogens with zero attached hydrogens (tertiary/aromatic N) is 2. The van der Waals surface area contributed by atoms with E-state index in [2.05, 4.69) is 264 Å². The molecule has 0 radical (unpaired) electrons. The van der Waals surface area contributed by atoms with Crippen LogP contribution in [-0.4, -0.2) is 4.57 Å². The molecule has 300 valence electrons. The van der Waals surface area contributed by atoms with Gasteiger partial charge in [-0.25, -0.2) is 0 Å². The first kappa shape index (κ1) is 37.3. The lowest BCUT2D eigenvalue weighted by Crippen LogP contribution is -2.13. The fraction of sp³-hybridized carbons (Fsp3) is 0. The van der Waals surface area contributed by atoms with Crippen molar-refractivity contribution in [3.63, 3.8) is 0 Å². The van der Waals surface area contributed by atoms with Gasteiger partial charge in [-0.3, -0.25) is 0 Å². The summed E-state index contributed by atoms with van der Waals surface area (Å²) in [5.74, 6) is 0. The van der Waals surface area contributed by atoms with Crippen molar-refractivity contribution in [2.24, 2.45) is 0 Å². The first-order valence-electron chi connectivity index (χ1n) is 22.0. The van der Waals surface area contributed by atoms with Crippen LogP contribution in [0.25, 0.3) is 93.5 Å². The molecule has 0 N–H and O–H groups in total. The molecule has 0 aliphatic rings. The molecule has 11 aromatic carbocycles. The van der Waals surface area contributed by atoms with Gasteiger partial charge in [-0.15, -0.1) is 0 Å². The molecule has 64 heavy (non-hydrogen) atoms. The molecular formula is C62H42N2. The van der Waals surface area contributed by atoms with Gasteiger partial charge >= 0.3 is 0 Å². The number of aromatic nitrogens is 1. The molecule has 1 aromatic heterocycles. The molecule has 0 aliphatic carbocycles. The average Bonchev–Trinajstić information content (AvgIpc) is 3.71. The minimum Gasteiger partial charge on any atom is -0.309 e. The van der Waals surface area contributed by atoms with Gasteiger partial charge in [0.1, 0.15) is 0 Å². The Labute approximate surface area is 373 Å². The Morgan fingerprint density at radius 1 is 0.250 bits per heavy atom. The van der Waals surface area contributed by atoms with Crippen molar-refractivity contribution in [2.45, 2.75) is 0 Å². The third-order valence-corrected chi connectivity index (χ3v) is 12.8. The fourth-order valence-corrected chi connectivity index (χ4v) is 9.85. The number of hydrogen-bond donors (Lipinski definition) is 0. The Morgan fingerprint density at radius 2 is 0.703 bits per heavy atom. The lowest BCUT2D eigenvalue weighted by Gasteiger charge is -2.31. The zero-order chi connectivity index (χ0) is 42.4. The Balaban J connectivity index is 1.07. The van der Waals surface area contributed by atoms with E-state index in [9.17, 15) is 0 Å². The number of rotatable bonds is 8. The van der Waals surface area contributed by atoms with E-state index in [4.69, 9.17) is 0 Å². The third kappa shape index (κ3) is 6.35. The smallest absolute Gasteiger partial charge is 0.0541 e. The molecule has 0 saturated carbocycles. The maximum Gasteiger partial charge on any atom is 0.0541 e. The monoisotopic (exact) mass is 814 g/mol. The summed E-state index contributed by atoms with van der Waals surface area (Å²) in [7, 11) is 0. The van der Waals surface area contributed by atoms with Gasteiger partial charge in [0.25, 0.3) is 0 Å². The van der Waals surface area contributed by atoms with Crippen LogP contribution >= 0.6 is 0 Å². The standard InChI is InChI=1S/C62H42N2/c1-2-18-45(19-3-1)56-42-48(53-27-9-13-32-58(53)64-60-33-14-10-28-54(60)55-29-11-15-34-61(55)64)40-41-62(56)63(59-35-17-23-44-21-5-7-25-51(44)59)57-31-12-8-26-52(57)47-38-36-46(37-39-47)50-30-16-22-43-20-4-6-24-49(43)50/h1-42H. The summed E-state index contributed by atoms with van der Waals surface area (Å²) in [5, 5.41) is 7.39. The molecule has 0 saturated heterocycles. The second-order valence-electron chi connectivity index (χ2n) is 16.4. The van der Waals surface area contributed by atoms with Gasteiger partial charge < -0.3 is 9.47 Å². The van der Waals surface area contributed by atoms with Crippen molar-refractivity contribution < 1.29 is 0 Å². The maximum absolute atomic E-state index is 2.49. The fourth-order valence-electron chi connectivity index (χ4n) is 9.85. The highest BCUT2D eigenvalue weighted by Crippen LogP contribution is 2.48. The van der Waals surface area contributed by atoms with E-state index in [1.54, 1.807) is 0 Å². The Morgan fingerprint density at radius 3 is 1.44 bits per heavy atom. The predicted molar refractivity (Wildman–Crippen MR) is 272 cm³/mol. The summed E-state index contributed by atoms with van der Waals surface area (Å²) in [6.45, 7) is 0. The van der Waals surface area contributed by atoms with Crippen LogP contribution in [0.4, 0.5) is 17.1 Å². The molecule has 0 bridgehead atoms. The highest BCUT2D eigenvalue weighted by molar-refractivity contribution is 6.10. The van der Waals surface area contributed by atoms with Crippen LogP contribution < -0.4 is 4.90 Å². The topological polar surface area (TPSA) is 8.17 Å². The first-order chi connectivity index (χ1) is 31.8. The van der Waals surface area contributed by atoms with E-state index in [0.29, 0.717) is 0 Å². The number of anilines is 3. The summed E-state index contributed by atoms with van der Waals surface area (Å²) in [4.78, 5) is 2.49. The molecule has 0 amide bonds. The highest BCUT2D eigenvalue weighted by Gasteiger charge is 2.24. The molecule has 2 nitrogen and oxygen atoms in total. The van der Waals surface area contributed by atoms with Crippen LogP contribution in [0, 0.1) is 0 Å². The second-order valence-corrected chi connectivity index (χ2v) is 16.4. The minimum atomic E-state index is 1.10. The molecular weight excluding hydrogens is 773 g/mol. The highest BCUT2D eigenvalue weighted by atomic mass is 15.1. The van der Waals surface area contributed by atoms with E-state index in [0.717, 1.165) is 50.6 Å². The Kier molecular flexibility index (Phi) is 9.20. The lowest BCUT2D eigenvalue weighted by atomic mass is 9.93. The number of benzene rings is 11. The van der Waals surface area contributed by atoms with Crippen molar-refractivity contribution in [3.05, 3.63) is 255 Å². The van der Waals surface area contributed by atoms with Gasteiger partial charge in [-0.05, 0) is 86.4 Å². The number of fused-ring (bicyclic) bond motifs is 5. The number of hydrogen-bond acceptors (Lipinski definition) is 1. The number of para-hydroxylation sites is 4. The average molecular weight is 815 g/mol. The van der Waals surface area contributed by atoms with Crippen molar-refractivity contribution in [2.75, 3.05) is 4.90 Å². The SMILES string of the molecule is c1ccc(-c2cc(-c3ccccc3-n3c4ccccc4c4ccccc43)ccc2N(c2ccccc2-c2ccc(-c3cccc4ccccc34)cc2)c2cccc3ccccc23)cc1. The van der Waals surface area contributed by atoms with Crippen molar-refractivity contribution in [3.8, 4) is 50.2 Å². The van der Waals surface area contributed by atoms with E-state index >= 15 is 0 Å². The van der Waals surface area contributed by atoms with Crippen LogP contribution in [0.1, 0.15) is 0 Å². The minimum absolute atomic E-state index is 1.10. The van der Waals surface area contributed by atoms with E-state index in [1.165, 1.54) is 60.0 Å². The molecule has 0 spiro atoms. The zero-order valence-corrected chi connectivity index (χ0v) is 35.1. The van der Waals surface area contributed by atoms with E-state index in [1.807, 2.05) is 0 Å². The molecule has 0 aliphatic heterocycles. The lowest BCUT2D eigenvalue weighted by molar-refractivity contribution is 1.18. The van der Waals surface area contributed by atoms with Crippen LogP contribution in [-0.2, 0) is 0 Å². The second kappa shape index (κ2) is 15.8. The van der Waals surface area contributed by atoms with Crippen molar-refractivity contribution in [1.29, 1.82) is 0 Å². The van der Waals surface area contributed by atoms with Crippen LogP contribution in [0.3, 0.4) is 0 Å². The summed E-state index contributed by atoms with van der Waals surface area (Å²) in [6.07, 6.45) is 0. The molecule has 2 heteroatoms. The predicted octanol–water partition coefficient (Wildman–Crippen LogP) is 17.2. The normalized spacial score (nSPS) is 11.4. The Bertz CT molecular complexity index is 3610. The first-order valence-corrected chi connectivity index (χ1v) is 22.0.